The van der Waals surface area contributed by atoms with Crippen molar-refractivity contribution in [1.82, 2.24) is 24.7 Å². The van der Waals surface area contributed by atoms with Gasteiger partial charge in [0.2, 0.25) is 0 Å². The number of carbonyl (C=O) groups is 2. The van der Waals surface area contributed by atoms with Crippen molar-refractivity contribution >= 4 is 40.4 Å². The van der Waals surface area contributed by atoms with Crippen molar-refractivity contribution in [3.63, 3.8) is 0 Å². The molecule has 1 amide bonds. The average molecular weight is 541 g/mol. The molecule has 2 fully saturated rings. The van der Waals surface area contributed by atoms with Gasteiger partial charge in [-0.05, 0) is 37.1 Å². The van der Waals surface area contributed by atoms with Gasteiger partial charge in [0, 0.05) is 31.8 Å². The molecule has 204 valence electrons. The van der Waals surface area contributed by atoms with Gasteiger partial charge in [-0.1, -0.05) is 6.07 Å². The highest BCUT2D eigenvalue weighted by Gasteiger charge is 2.32. The Labute approximate surface area is 230 Å². The highest BCUT2D eigenvalue weighted by Crippen LogP contribution is 2.39. The van der Waals surface area contributed by atoms with Crippen molar-refractivity contribution in [3.05, 3.63) is 60.7 Å². The smallest absolute Gasteiger partial charge is 0.253 e. The van der Waals surface area contributed by atoms with Gasteiger partial charge in [0.1, 0.15) is 24.6 Å². The van der Waals surface area contributed by atoms with Crippen molar-refractivity contribution in [2.45, 2.75) is 12.8 Å². The second kappa shape index (κ2) is 10.7. The molecule has 2 aliphatic rings. The lowest BCUT2D eigenvalue weighted by molar-refractivity contribution is -0.125. The molecule has 3 aromatic heterocycles. The number of aryl methyl sites for hydroxylation is 1. The van der Waals surface area contributed by atoms with Crippen LogP contribution in [0.15, 0.2) is 55.1 Å². The second-order valence-corrected chi connectivity index (χ2v) is 9.63. The van der Waals surface area contributed by atoms with E-state index in [1.54, 1.807) is 54.6 Å². The van der Waals surface area contributed by atoms with Crippen molar-refractivity contribution < 1.29 is 19.1 Å². The maximum Gasteiger partial charge on any atom is 0.253 e. The van der Waals surface area contributed by atoms with Crippen LogP contribution < -0.4 is 20.3 Å². The van der Waals surface area contributed by atoms with Crippen LogP contribution in [0.2, 0.25) is 0 Å². The molecule has 1 aliphatic heterocycles. The molecule has 4 heterocycles. The minimum atomic E-state index is -0.0969. The van der Waals surface area contributed by atoms with Crippen molar-refractivity contribution in [2.24, 2.45) is 13.0 Å². The molecule has 2 N–H and O–H groups in total. The summed E-state index contributed by atoms with van der Waals surface area (Å²) in [5, 5.41) is 11.0. The van der Waals surface area contributed by atoms with Crippen LogP contribution in [-0.2, 0) is 16.6 Å². The lowest BCUT2D eigenvalue weighted by atomic mass is 10.1. The molecule has 1 saturated heterocycles. The minimum absolute atomic E-state index is 0.0178. The maximum absolute atomic E-state index is 13.1. The average Bonchev–Trinajstić information content (AvgIpc) is 3.73. The van der Waals surface area contributed by atoms with E-state index in [-0.39, 0.29) is 24.2 Å². The number of ether oxygens (including phenoxy) is 2. The van der Waals surface area contributed by atoms with Crippen LogP contribution in [0.25, 0.3) is 11.4 Å². The highest BCUT2D eigenvalue weighted by atomic mass is 16.5. The maximum atomic E-state index is 13.1. The number of para-hydroxylation sites is 1. The van der Waals surface area contributed by atoms with Crippen LogP contribution in [0, 0.1) is 5.92 Å². The predicted molar refractivity (Wildman–Crippen MR) is 148 cm³/mol. The third-order valence-corrected chi connectivity index (χ3v) is 6.75. The highest BCUT2D eigenvalue weighted by molar-refractivity contribution is 6.04. The molecular formula is C28H28N8O4. The summed E-state index contributed by atoms with van der Waals surface area (Å²) in [5.74, 6) is 2.11. The van der Waals surface area contributed by atoms with Crippen LogP contribution in [-0.4, -0.2) is 63.3 Å². The Morgan fingerprint density at radius 3 is 2.60 bits per heavy atom. The van der Waals surface area contributed by atoms with Gasteiger partial charge >= 0.3 is 0 Å². The zero-order chi connectivity index (χ0) is 27.6. The number of carbonyl (C=O) groups excluding carboxylic acids is 2. The van der Waals surface area contributed by atoms with Crippen molar-refractivity contribution in [2.75, 3.05) is 42.4 Å². The van der Waals surface area contributed by atoms with Gasteiger partial charge in [0.25, 0.3) is 5.91 Å². The van der Waals surface area contributed by atoms with Gasteiger partial charge in [-0.2, -0.15) is 5.10 Å². The quantitative estimate of drug-likeness (QED) is 0.302. The summed E-state index contributed by atoms with van der Waals surface area (Å²) in [6.45, 7) is 1.04. The van der Waals surface area contributed by atoms with E-state index in [0.717, 1.165) is 18.4 Å². The first-order valence-corrected chi connectivity index (χ1v) is 13.0. The number of methoxy groups -OCH3 is 1. The Kier molecular flexibility index (Phi) is 6.83. The molecule has 0 radical (unpaired) electrons. The van der Waals surface area contributed by atoms with Crippen molar-refractivity contribution in [3.8, 4) is 17.1 Å². The van der Waals surface area contributed by atoms with Crippen LogP contribution >= 0.6 is 0 Å². The summed E-state index contributed by atoms with van der Waals surface area (Å²) in [5.41, 5.74) is 3.18. The van der Waals surface area contributed by atoms with Gasteiger partial charge in [-0.3, -0.25) is 14.3 Å². The SMILES string of the molecule is COc1c(Nc2cc(Nc3ccc(N4CCOCC4=O)cn3)ncc2C(=O)C2CC2)cccc1-c1ncn(C)n1. The largest absolute Gasteiger partial charge is 0.494 e. The summed E-state index contributed by atoms with van der Waals surface area (Å²) in [6, 6.07) is 11.0. The first-order chi connectivity index (χ1) is 19.5. The van der Waals surface area contributed by atoms with Gasteiger partial charge in [-0.15, -0.1) is 0 Å². The van der Waals surface area contributed by atoms with E-state index in [0.29, 0.717) is 59.0 Å². The molecule has 1 saturated carbocycles. The molecular weight excluding hydrogens is 512 g/mol. The van der Waals surface area contributed by atoms with Gasteiger partial charge in [0.05, 0.1) is 48.1 Å². The predicted octanol–water partition coefficient (Wildman–Crippen LogP) is 3.72. The molecule has 40 heavy (non-hydrogen) atoms. The third-order valence-electron chi connectivity index (χ3n) is 6.75. The normalized spacial score (nSPS) is 15.2. The monoisotopic (exact) mass is 540 g/mol. The second-order valence-electron chi connectivity index (χ2n) is 9.63. The number of hydrogen-bond donors (Lipinski definition) is 2. The summed E-state index contributed by atoms with van der Waals surface area (Å²) < 4.78 is 12.6. The number of hydrogen-bond acceptors (Lipinski definition) is 10. The zero-order valence-corrected chi connectivity index (χ0v) is 22.1. The Hall–Kier alpha value is -4.84. The summed E-state index contributed by atoms with van der Waals surface area (Å²) >= 11 is 0. The number of aromatic nitrogens is 5. The van der Waals surface area contributed by atoms with Gasteiger partial charge in [-0.25, -0.2) is 15.0 Å². The first-order valence-electron chi connectivity index (χ1n) is 13.0. The van der Waals surface area contributed by atoms with E-state index in [4.69, 9.17) is 9.47 Å². The Morgan fingerprint density at radius 2 is 1.90 bits per heavy atom. The Morgan fingerprint density at radius 1 is 1.05 bits per heavy atom. The minimum Gasteiger partial charge on any atom is -0.494 e. The van der Waals surface area contributed by atoms with E-state index < -0.39 is 0 Å². The zero-order valence-electron chi connectivity index (χ0n) is 22.1. The summed E-state index contributed by atoms with van der Waals surface area (Å²) in [7, 11) is 3.39. The number of anilines is 5. The number of benzene rings is 1. The number of pyridine rings is 2. The Bertz CT molecular complexity index is 1570. The number of Topliss-reactive ketones (excluding diaryl/α,β-unsaturated/α-hetero) is 1. The van der Waals surface area contributed by atoms with E-state index in [1.807, 2.05) is 24.3 Å². The molecule has 0 spiro atoms. The number of amides is 1. The lowest BCUT2D eigenvalue weighted by Crippen LogP contribution is -2.41. The molecule has 12 nitrogen and oxygen atoms in total. The molecule has 0 bridgehead atoms. The van der Waals surface area contributed by atoms with Crippen LogP contribution in [0.5, 0.6) is 5.75 Å². The van der Waals surface area contributed by atoms with E-state index >= 15 is 0 Å². The van der Waals surface area contributed by atoms with Crippen LogP contribution in [0.4, 0.5) is 28.7 Å². The number of morpholine rings is 1. The van der Waals surface area contributed by atoms with E-state index in [1.165, 1.54) is 0 Å². The Balaban J connectivity index is 1.29. The fraction of sp³-hybridized carbons (Fsp3) is 0.286. The molecule has 0 atom stereocenters. The first kappa shape index (κ1) is 25.4. The number of ketones is 1. The number of nitrogens with zero attached hydrogens (tertiary/aromatic N) is 6. The van der Waals surface area contributed by atoms with E-state index in [2.05, 4.69) is 30.7 Å². The van der Waals surface area contributed by atoms with Crippen LogP contribution in [0.1, 0.15) is 23.2 Å². The lowest BCUT2D eigenvalue weighted by Gasteiger charge is -2.26. The molecule has 1 aromatic carbocycles. The molecule has 4 aromatic rings. The summed E-state index contributed by atoms with van der Waals surface area (Å²) in [4.78, 5) is 40.2. The fourth-order valence-electron chi connectivity index (χ4n) is 4.57. The summed E-state index contributed by atoms with van der Waals surface area (Å²) in [6.07, 6.45) is 6.61. The molecule has 12 heteroatoms. The standard InChI is InChI=1S/C28H28N8O4/c1-35-16-31-28(34-35)19-4-3-5-21(27(19)39-2)32-22-12-24(30-14-20(22)26(38)17-6-7-17)33-23-9-8-18(13-29-23)36-10-11-40-15-25(36)37/h3-5,8-9,12-14,16-17H,6-7,10-11,15H2,1-2H3,(H2,29,30,32,33). The molecule has 6 rings (SSSR count). The molecule has 0 unspecified atom stereocenters. The number of rotatable bonds is 9. The van der Waals surface area contributed by atoms with Gasteiger partial charge < -0.3 is 25.0 Å². The third kappa shape index (κ3) is 5.21. The van der Waals surface area contributed by atoms with Crippen LogP contribution in [0.3, 0.4) is 0 Å². The number of nitrogens with one attached hydrogen (secondary N) is 2. The fourth-order valence-corrected chi connectivity index (χ4v) is 4.57. The van der Waals surface area contributed by atoms with E-state index in [9.17, 15) is 9.59 Å². The van der Waals surface area contributed by atoms with Gasteiger partial charge in [0.15, 0.2) is 17.4 Å². The molecule has 1 aliphatic carbocycles. The topological polar surface area (TPSA) is 136 Å². The van der Waals surface area contributed by atoms with Crippen molar-refractivity contribution in [1.29, 1.82) is 0 Å².